The fourth-order valence-corrected chi connectivity index (χ4v) is 1.15. The molecular weight excluding hydrogens is 118 g/mol. The van der Waals surface area contributed by atoms with Crippen LogP contribution in [-0.4, -0.2) is 16.0 Å². The zero-order valence-electron chi connectivity index (χ0n) is 5.68. The van der Waals surface area contributed by atoms with Gasteiger partial charge in [0.2, 0.25) is 9.92 Å². The Morgan fingerprint density at radius 1 is 1.75 bits per heavy atom. The van der Waals surface area contributed by atoms with Gasteiger partial charge in [0.1, 0.15) is 0 Å². The molecule has 1 atom stereocenters. The Bertz CT molecular complexity index is 45.7. The second-order valence-corrected chi connectivity index (χ2v) is 2.60. The van der Waals surface area contributed by atoms with Crippen LogP contribution in [0.1, 0.15) is 26.7 Å². The number of hydrogen-bond acceptors (Lipinski definition) is 2. The van der Waals surface area contributed by atoms with Gasteiger partial charge in [0.25, 0.3) is 0 Å². The maximum atomic E-state index is 5.28. The standard InChI is InChI=1S/C5H15NOSi/c1-3-4-5(2)7-8-6/h5H,3-4,6,8H2,1-2H3. The first-order valence-corrected chi connectivity index (χ1v) is 4.52. The maximum absolute atomic E-state index is 5.28. The van der Waals surface area contributed by atoms with Crippen molar-refractivity contribution >= 4 is 9.92 Å². The molecule has 0 saturated heterocycles. The lowest BCUT2D eigenvalue weighted by atomic mass is 10.2. The van der Waals surface area contributed by atoms with Gasteiger partial charge in [0, 0.05) is 6.10 Å². The summed E-state index contributed by atoms with van der Waals surface area (Å²) in [5.41, 5.74) is 0. The van der Waals surface area contributed by atoms with Gasteiger partial charge in [-0.05, 0) is 13.3 Å². The number of hydrogen-bond donors (Lipinski definition) is 1. The first-order valence-electron chi connectivity index (χ1n) is 3.13. The lowest BCUT2D eigenvalue weighted by Crippen LogP contribution is -2.17. The molecule has 3 heteroatoms. The molecule has 0 heterocycles. The Morgan fingerprint density at radius 2 is 2.38 bits per heavy atom. The summed E-state index contributed by atoms with van der Waals surface area (Å²) in [6.07, 6.45) is 2.73. The van der Waals surface area contributed by atoms with Gasteiger partial charge in [-0.3, -0.25) is 0 Å². The van der Waals surface area contributed by atoms with Crippen LogP contribution in [0, 0.1) is 0 Å². The molecule has 0 spiro atoms. The molecule has 0 aromatic carbocycles. The molecule has 0 aliphatic carbocycles. The van der Waals surface area contributed by atoms with Gasteiger partial charge < -0.3 is 9.83 Å². The van der Waals surface area contributed by atoms with Crippen LogP contribution in [0.3, 0.4) is 0 Å². The van der Waals surface area contributed by atoms with Crippen LogP contribution in [-0.2, 0) is 4.43 Å². The van der Waals surface area contributed by atoms with E-state index in [0.717, 1.165) is 6.42 Å². The minimum absolute atomic E-state index is 0.400. The highest BCUT2D eigenvalue weighted by Gasteiger charge is 1.95. The Balaban J connectivity index is 2.92. The Labute approximate surface area is 53.4 Å². The van der Waals surface area contributed by atoms with Crippen molar-refractivity contribution in [2.45, 2.75) is 32.8 Å². The fourth-order valence-electron chi connectivity index (χ4n) is 0.654. The Morgan fingerprint density at radius 3 is 2.75 bits per heavy atom. The summed E-state index contributed by atoms with van der Waals surface area (Å²) < 4.78 is 5.20. The lowest BCUT2D eigenvalue weighted by Gasteiger charge is -2.08. The van der Waals surface area contributed by atoms with Crippen molar-refractivity contribution in [2.24, 2.45) is 5.40 Å². The summed E-state index contributed by atoms with van der Waals surface area (Å²) in [7, 11) is -0.654. The first-order chi connectivity index (χ1) is 3.81. The SMILES string of the molecule is CCCC(C)O[SiH2]N. The highest BCUT2D eigenvalue weighted by molar-refractivity contribution is 6.22. The smallest absolute Gasteiger partial charge is 0.233 e. The molecule has 8 heavy (non-hydrogen) atoms. The van der Waals surface area contributed by atoms with E-state index in [1.165, 1.54) is 6.42 Å². The molecule has 0 bridgehead atoms. The Hall–Kier alpha value is 0.137. The Kier molecular flexibility index (Phi) is 5.37. The third-order valence-electron chi connectivity index (χ3n) is 1.08. The quantitative estimate of drug-likeness (QED) is 0.554. The van der Waals surface area contributed by atoms with Crippen molar-refractivity contribution in [3.05, 3.63) is 0 Å². The van der Waals surface area contributed by atoms with Gasteiger partial charge in [0.05, 0.1) is 0 Å². The molecule has 2 N–H and O–H groups in total. The van der Waals surface area contributed by atoms with Gasteiger partial charge in [-0.1, -0.05) is 13.3 Å². The molecule has 0 amide bonds. The highest BCUT2D eigenvalue weighted by atomic mass is 28.2. The highest BCUT2D eigenvalue weighted by Crippen LogP contribution is 1.97. The molecule has 0 fully saturated rings. The summed E-state index contributed by atoms with van der Waals surface area (Å²) in [6.45, 7) is 4.22. The monoisotopic (exact) mass is 133 g/mol. The molecule has 0 rings (SSSR count). The van der Waals surface area contributed by atoms with Gasteiger partial charge >= 0.3 is 0 Å². The number of nitrogens with two attached hydrogens (primary N) is 1. The maximum Gasteiger partial charge on any atom is 0.233 e. The van der Waals surface area contributed by atoms with Crippen LogP contribution in [0.4, 0.5) is 0 Å². The summed E-state index contributed by atoms with van der Waals surface area (Å²) in [4.78, 5) is 0. The van der Waals surface area contributed by atoms with Crippen LogP contribution < -0.4 is 5.40 Å². The van der Waals surface area contributed by atoms with Crippen molar-refractivity contribution in [3.63, 3.8) is 0 Å². The normalized spacial score (nSPS) is 15.4. The van der Waals surface area contributed by atoms with E-state index in [1.54, 1.807) is 0 Å². The van der Waals surface area contributed by atoms with Crippen molar-refractivity contribution in [3.8, 4) is 0 Å². The minimum Gasteiger partial charge on any atom is -0.406 e. The van der Waals surface area contributed by atoms with Crippen LogP contribution in [0.15, 0.2) is 0 Å². The lowest BCUT2D eigenvalue weighted by molar-refractivity contribution is 0.221. The van der Waals surface area contributed by atoms with E-state index in [1.807, 2.05) is 0 Å². The van der Waals surface area contributed by atoms with Gasteiger partial charge in [-0.2, -0.15) is 0 Å². The summed E-state index contributed by atoms with van der Waals surface area (Å²) in [5, 5.41) is 5.28. The van der Waals surface area contributed by atoms with E-state index in [2.05, 4.69) is 13.8 Å². The largest absolute Gasteiger partial charge is 0.406 e. The molecule has 0 aromatic rings. The third-order valence-corrected chi connectivity index (χ3v) is 1.84. The van der Waals surface area contributed by atoms with Crippen molar-refractivity contribution < 1.29 is 4.43 Å². The van der Waals surface area contributed by atoms with Crippen LogP contribution >= 0.6 is 0 Å². The molecule has 0 aromatic heterocycles. The second kappa shape index (κ2) is 5.28. The molecule has 0 aliphatic rings. The molecule has 50 valence electrons. The predicted molar refractivity (Wildman–Crippen MR) is 38.2 cm³/mol. The van der Waals surface area contributed by atoms with Crippen molar-refractivity contribution in [1.82, 2.24) is 0 Å². The fraction of sp³-hybridized carbons (Fsp3) is 1.00. The molecule has 0 radical (unpaired) electrons. The average Bonchev–Trinajstić information content (AvgIpc) is 1.68. The van der Waals surface area contributed by atoms with Crippen LogP contribution in [0.5, 0.6) is 0 Å². The second-order valence-electron chi connectivity index (χ2n) is 1.93. The van der Waals surface area contributed by atoms with E-state index in [4.69, 9.17) is 9.83 Å². The minimum atomic E-state index is -0.654. The van der Waals surface area contributed by atoms with E-state index in [0.29, 0.717) is 6.10 Å². The van der Waals surface area contributed by atoms with E-state index in [9.17, 15) is 0 Å². The predicted octanol–water partition coefficient (Wildman–Crippen LogP) is 0.149. The topological polar surface area (TPSA) is 35.2 Å². The molecule has 0 saturated carbocycles. The molecule has 2 nitrogen and oxygen atoms in total. The summed E-state index contributed by atoms with van der Waals surface area (Å²) >= 11 is 0. The van der Waals surface area contributed by atoms with Crippen LogP contribution in [0.25, 0.3) is 0 Å². The molecule has 1 unspecified atom stereocenters. The van der Waals surface area contributed by atoms with E-state index < -0.39 is 9.92 Å². The summed E-state index contributed by atoms with van der Waals surface area (Å²) in [6, 6.07) is 0. The summed E-state index contributed by atoms with van der Waals surface area (Å²) in [5.74, 6) is 0. The van der Waals surface area contributed by atoms with Crippen molar-refractivity contribution in [1.29, 1.82) is 0 Å². The third kappa shape index (κ3) is 4.30. The average molecular weight is 133 g/mol. The molecular formula is C5H15NOSi. The van der Waals surface area contributed by atoms with E-state index >= 15 is 0 Å². The van der Waals surface area contributed by atoms with Gasteiger partial charge in [-0.15, -0.1) is 0 Å². The van der Waals surface area contributed by atoms with Gasteiger partial charge in [0.15, 0.2) is 0 Å². The van der Waals surface area contributed by atoms with Crippen molar-refractivity contribution in [2.75, 3.05) is 0 Å². The first kappa shape index (κ1) is 8.14. The zero-order chi connectivity index (χ0) is 6.41. The number of rotatable bonds is 4. The zero-order valence-corrected chi connectivity index (χ0v) is 7.10. The molecule has 0 aliphatic heterocycles. The van der Waals surface area contributed by atoms with E-state index in [-0.39, 0.29) is 0 Å². The van der Waals surface area contributed by atoms with Crippen LogP contribution in [0.2, 0.25) is 0 Å². The van der Waals surface area contributed by atoms with Gasteiger partial charge in [-0.25, -0.2) is 0 Å².